The van der Waals surface area contributed by atoms with Gasteiger partial charge in [0.25, 0.3) is 6.08 Å². The van der Waals surface area contributed by atoms with Crippen molar-refractivity contribution in [2.45, 2.75) is 31.0 Å². The molecule has 136 valence electrons. The lowest BCUT2D eigenvalue weighted by Crippen LogP contribution is -2.44. The molecule has 3 rings (SSSR count). The molecule has 2 aromatic rings. The number of nitrogens with zero attached hydrogens (tertiary/aromatic N) is 3. The van der Waals surface area contributed by atoms with E-state index in [-0.39, 0.29) is 22.4 Å². The van der Waals surface area contributed by atoms with Gasteiger partial charge in [0, 0.05) is 17.8 Å². The minimum atomic E-state index is -1.99. The zero-order chi connectivity index (χ0) is 18.4. The standard InChI is InChI=1S/C14H16F2N4O5/c1-14(23)10(22)7(4-21)25-13(14)20-3-6(2-8(15)16)9-11(19-24)17-5-18-12(9)20/h2-3,5,7,10,13,21-24H,4H2,1H3,(H,17,18,19)/t7?,10?,13?,14-/m1/s1. The second kappa shape index (κ2) is 6.28. The first-order valence-corrected chi connectivity index (χ1v) is 7.26. The van der Waals surface area contributed by atoms with Gasteiger partial charge in [-0.1, -0.05) is 0 Å². The molecule has 0 bridgehead atoms. The van der Waals surface area contributed by atoms with Gasteiger partial charge in [0.05, 0.1) is 12.0 Å². The average molecular weight is 358 g/mol. The minimum absolute atomic E-state index is 0.0338. The fourth-order valence-corrected chi connectivity index (χ4v) is 2.99. The zero-order valence-electron chi connectivity index (χ0n) is 13.0. The molecule has 0 aliphatic carbocycles. The Bertz CT molecular complexity index is 821. The van der Waals surface area contributed by atoms with Crippen LogP contribution in [0.4, 0.5) is 14.6 Å². The lowest BCUT2D eigenvalue weighted by Gasteiger charge is -2.27. The van der Waals surface area contributed by atoms with Gasteiger partial charge in [-0.25, -0.2) is 9.97 Å². The molecule has 1 fully saturated rings. The summed E-state index contributed by atoms with van der Waals surface area (Å²) in [6.45, 7) is 0.749. The highest BCUT2D eigenvalue weighted by Gasteiger charge is 2.53. The van der Waals surface area contributed by atoms with Gasteiger partial charge in [-0.2, -0.15) is 8.78 Å². The van der Waals surface area contributed by atoms with E-state index in [4.69, 9.17) is 4.74 Å². The highest BCUT2D eigenvalue weighted by Crippen LogP contribution is 2.41. The number of fused-ring (bicyclic) bond motifs is 1. The normalized spacial score (nSPS) is 29.2. The van der Waals surface area contributed by atoms with Crippen LogP contribution < -0.4 is 5.48 Å². The van der Waals surface area contributed by atoms with Crippen LogP contribution in [-0.2, 0) is 4.74 Å². The Morgan fingerprint density at radius 3 is 2.76 bits per heavy atom. The number of hydrogen-bond donors (Lipinski definition) is 5. The summed E-state index contributed by atoms with van der Waals surface area (Å²) in [4.78, 5) is 7.76. The van der Waals surface area contributed by atoms with E-state index in [0.29, 0.717) is 6.08 Å². The molecule has 25 heavy (non-hydrogen) atoms. The summed E-state index contributed by atoms with van der Waals surface area (Å²) >= 11 is 0. The predicted molar refractivity (Wildman–Crippen MR) is 80.8 cm³/mol. The number of nitrogens with one attached hydrogen (secondary N) is 1. The third-order valence-corrected chi connectivity index (χ3v) is 4.20. The van der Waals surface area contributed by atoms with Gasteiger partial charge in [-0.3, -0.25) is 10.7 Å². The third kappa shape index (κ3) is 2.75. The van der Waals surface area contributed by atoms with Crippen LogP contribution in [-0.4, -0.2) is 59.5 Å². The summed E-state index contributed by atoms with van der Waals surface area (Å²) in [6.07, 6.45) is -2.81. The maximum atomic E-state index is 12.8. The van der Waals surface area contributed by atoms with Gasteiger partial charge >= 0.3 is 0 Å². The molecule has 0 amide bonds. The molecule has 0 aromatic carbocycles. The van der Waals surface area contributed by atoms with Crippen LogP contribution in [0.1, 0.15) is 18.7 Å². The summed E-state index contributed by atoms with van der Waals surface area (Å²) in [7, 11) is 0. The molecule has 9 nitrogen and oxygen atoms in total. The van der Waals surface area contributed by atoms with Crippen LogP contribution in [0.25, 0.3) is 17.1 Å². The van der Waals surface area contributed by atoms with Crippen molar-refractivity contribution in [2.24, 2.45) is 0 Å². The lowest BCUT2D eigenvalue weighted by molar-refractivity contribution is -0.0948. The largest absolute Gasteiger partial charge is 0.394 e. The smallest absolute Gasteiger partial charge is 0.270 e. The van der Waals surface area contributed by atoms with Crippen LogP contribution in [0.3, 0.4) is 0 Å². The molecular weight excluding hydrogens is 342 g/mol. The molecule has 0 saturated carbocycles. The van der Waals surface area contributed by atoms with Crippen LogP contribution in [0, 0.1) is 0 Å². The first kappa shape index (κ1) is 17.6. The minimum Gasteiger partial charge on any atom is -0.394 e. The van der Waals surface area contributed by atoms with Crippen LogP contribution in [0.2, 0.25) is 0 Å². The Morgan fingerprint density at radius 2 is 2.20 bits per heavy atom. The van der Waals surface area contributed by atoms with Crippen molar-refractivity contribution in [3.63, 3.8) is 0 Å². The van der Waals surface area contributed by atoms with E-state index in [2.05, 4.69) is 9.97 Å². The van der Waals surface area contributed by atoms with Gasteiger partial charge < -0.3 is 24.6 Å². The van der Waals surface area contributed by atoms with E-state index < -0.39 is 36.7 Å². The highest BCUT2D eigenvalue weighted by atomic mass is 19.3. The molecule has 0 spiro atoms. The van der Waals surface area contributed by atoms with Crippen molar-refractivity contribution in [2.75, 3.05) is 12.1 Å². The molecule has 4 atom stereocenters. The number of aromatic nitrogens is 3. The Morgan fingerprint density at radius 1 is 1.48 bits per heavy atom. The fourth-order valence-electron chi connectivity index (χ4n) is 2.99. The van der Waals surface area contributed by atoms with Gasteiger partial charge in [0.2, 0.25) is 0 Å². The lowest BCUT2D eigenvalue weighted by atomic mass is 9.96. The molecule has 1 saturated heterocycles. The SMILES string of the molecule is C[C@@]1(O)C(O)C(CO)OC1n1cc(C=C(F)F)c2c(NO)ncnc21. The van der Waals surface area contributed by atoms with Gasteiger partial charge in [-0.05, 0) is 6.92 Å². The van der Waals surface area contributed by atoms with Crippen LogP contribution in [0.15, 0.2) is 18.6 Å². The molecule has 0 radical (unpaired) electrons. The predicted octanol–water partition coefficient (Wildman–Crippen LogP) is 0.471. The Balaban J connectivity index is 2.22. The van der Waals surface area contributed by atoms with E-state index in [9.17, 15) is 29.3 Å². The topological polar surface area (TPSA) is 133 Å². The molecule has 2 aromatic heterocycles. The summed E-state index contributed by atoms with van der Waals surface area (Å²) < 4.78 is 32.3. The van der Waals surface area contributed by atoms with E-state index in [0.717, 1.165) is 6.33 Å². The van der Waals surface area contributed by atoms with Crippen molar-refractivity contribution < 1.29 is 34.0 Å². The summed E-state index contributed by atoms with van der Waals surface area (Å²) in [5, 5.41) is 39.2. The number of aliphatic hydroxyl groups excluding tert-OH is 2. The molecule has 1 aliphatic rings. The number of aliphatic hydroxyl groups is 3. The number of ether oxygens (including phenoxy) is 1. The zero-order valence-corrected chi connectivity index (χ0v) is 13.0. The van der Waals surface area contributed by atoms with E-state index in [1.807, 2.05) is 0 Å². The number of hydrogen-bond acceptors (Lipinski definition) is 8. The third-order valence-electron chi connectivity index (χ3n) is 4.20. The molecule has 11 heteroatoms. The van der Waals surface area contributed by atoms with E-state index >= 15 is 0 Å². The molecule has 3 heterocycles. The first-order chi connectivity index (χ1) is 11.8. The number of rotatable bonds is 4. The second-order valence-corrected chi connectivity index (χ2v) is 5.84. The molecule has 3 unspecified atom stereocenters. The fraction of sp³-hybridized carbons (Fsp3) is 0.429. The van der Waals surface area contributed by atoms with E-state index in [1.165, 1.54) is 17.7 Å². The Hall–Kier alpha value is -2.18. The summed E-state index contributed by atoms with van der Waals surface area (Å²) in [6, 6.07) is 0. The van der Waals surface area contributed by atoms with Crippen LogP contribution >= 0.6 is 0 Å². The maximum absolute atomic E-state index is 12.8. The van der Waals surface area contributed by atoms with Crippen molar-refractivity contribution in [1.29, 1.82) is 0 Å². The number of anilines is 1. The number of halogens is 2. The second-order valence-electron chi connectivity index (χ2n) is 5.84. The summed E-state index contributed by atoms with van der Waals surface area (Å²) in [5.74, 6) is -0.117. The Kier molecular flexibility index (Phi) is 4.43. The summed E-state index contributed by atoms with van der Waals surface area (Å²) in [5.41, 5.74) is 0.0236. The van der Waals surface area contributed by atoms with Crippen molar-refractivity contribution >= 4 is 22.9 Å². The maximum Gasteiger partial charge on any atom is 0.270 e. The van der Waals surface area contributed by atoms with Crippen molar-refractivity contribution in [3.8, 4) is 0 Å². The molecule has 5 N–H and O–H groups in total. The quantitative estimate of drug-likeness (QED) is 0.498. The van der Waals surface area contributed by atoms with Crippen molar-refractivity contribution in [1.82, 2.24) is 14.5 Å². The van der Waals surface area contributed by atoms with Gasteiger partial charge in [0.1, 0.15) is 29.8 Å². The van der Waals surface area contributed by atoms with Gasteiger partial charge in [-0.15, -0.1) is 0 Å². The molecular formula is C14H16F2N4O5. The average Bonchev–Trinajstić information content (AvgIpc) is 3.03. The Labute approximate surface area is 139 Å². The van der Waals surface area contributed by atoms with E-state index in [1.54, 1.807) is 5.48 Å². The molecule has 1 aliphatic heterocycles. The highest BCUT2D eigenvalue weighted by molar-refractivity contribution is 5.95. The van der Waals surface area contributed by atoms with Gasteiger partial charge in [0.15, 0.2) is 12.0 Å². The monoisotopic (exact) mass is 358 g/mol. The van der Waals surface area contributed by atoms with Crippen LogP contribution in [0.5, 0.6) is 0 Å². The first-order valence-electron chi connectivity index (χ1n) is 7.26. The van der Waals surface area contributed by atoms with Crippen molar-refractivity contribution in [3.05, 3.63) is 24.2 Å².